The van der Waals surface area contributed by atoms with Crippen LogP contribution in [-0.2, 0) is 17.6 Å². The molecular formula is C21H20BrN3O3. The molecule has 2 heterocycles. The van der Waals surface area contributed by atoms with Gasteiger partial charge in [0.05, 0.1) is 5.69 Å². The van der Waals surface area contributed by atoms with Gasteiger partial charge in [-0.3, -0.25) is 9.78 Å². The Kier molecular flexibility index (Phi) is 5.02. The fourth-order valence-electron chi connectivity index (χ4n) is 4.13. The molecule has 0 unspecified atom stereocenters. The molecule has 7 heteroatoms. The van der Waals surface area contributed by atoms with E-state index in [2.05, 4.69) is 27.2 Å². The number of halogens is 1. The Morgan fingerprint density at radius 2 is 1.86 bits per heavy atom. The van der Waals surface area contributed by atoms with Crippen molar-refractivity contribution in [3.8, 4) is 5.75 Å². The van der Waals surface area contributed by atoms with Crippen molar-refractivity contribution < 1.29 is 9.90 Å². The van der Waals surface area contributed by atoms with Crippen LogP contribution in [0.3, 0.4) is 0 Å². The summed E-state index contributed by atoms with van der Waals surface area (Å²) in [4.78, 5) is 29.5. The molecule has 1 aromatic carbocycles. The van der Waals surface area contributed by atoms with Crippen LogP contribution in [-0.4, -0.2) is 34.0 Å². The standard InChI is InChI=1S/C21H20BrN3O3/c1-12(26)25-6-4-13(5-7-25)20-17-10-18(24-28)19(27)9-14(17)2-3-15-8-16(22)11-23-21(15)20/h8-11,27H,2-7H2,1H3. The number of fused-ring (bicyclic) bond motifs is 2. The summed E-state index contributed by atoms with van der Waals surface area (Å²) in [7, 11) is 0. The number of carbonyl (C=O) groups excluding carboxylic acids is 1. The molecule has 2 aliphatic rings. The van der Waals surface area contributed by atoms with E-state index in [1.54, 1.807) is 25.3 Å². The highest BCUT2D eigenvalue weighted by Gasteiger charge is 2.27. The summed E-state index contributed by atoms with van der Waals surface area (Å²) in [5.41, 5.74) is 6.21. The van der Waals surface area contributed by atoms with Crippen LogP contribution in [0.25, 0.3) is 5.57 Å². The lowest BCUT2D eigenvalue weighted by Crippen LogP contribution is -2.34. The third-order valence-corrected chi connectivity index (χ3v) is 6.00. The number of nitroso groups, excluding NO2 is 1. The molecule has 1 aromatic heterocycles. The van der Waals surface area contributed by atoms with Crippen molar-refractivity contribution in [1.29, 1.82) is 0 Å². The van der Waals surface area contributed by atoms with Gasteiger partial charge in [-0.25, -0.2) is 0 Å². The van der Waals surface area contributed by atoms with Gasteiger partial charge in [-0.2, -0.15) is 0 Å². The molecule has 144 valence electrons. The van der Waals surface area contributed by atoms with Crippen LogP contribution in [0.2, 0.25) is 0 Å². The van der Waals surface area contributed by atoms with Gasteiger partial charge in [0.2, 0.25) is 5.91 Å². The molecule has 1 amide bonds. The van der Waals surface area contributed by atoms with Crippen LogP contribution in [0.15, 0.2) is 39.6 Å². The minimum atomic E-state index is -0.0930. The molecule has 1 N–H and O–H groups in total. The number of pyridine rings is 1. The topological polar surface area (TPSA) is 82.9 Å². The van der Waals surface area contributed by atoms with Gasteiger partial charge in [0.15, 0.2) is 0 Å². The number of likely N-dealkylation sites (tertiary alicyclic amines) is 1. The lowest BCUT2D eigenvalue weighted by Gasteiger charge is -2.29. The van der Waals surface area contributed by atoms with E-state index in [1.807, 2.05) is 4.90 Å². The molecule has 1 aliphatic heterocycles. The molecule has 0 spiro atoms. The van der Waals surface area contributed by atoms with Gasteiger partial charge in [0.25, 0.3) is 0 Å². The summed E-state index contributed by atoms with van der Waals surface area (Å²) in [6.07, 6.45) is 4.84. The Labute approximate surface area is 171 Å². The molecule has 0 saturated carbocycles. The van der Waals surface area contributed by atoms with Crippen molar-refractivity contribution >= 4 is 33.1 Å². The van der Waals surface area contributed by atoms with Gasteiger partial charge in [0, 0.05) is 36.3 Å². The molecule has 0 atom stereocenters. The lowest BCUT2D eigenvalue weighted by molar-refractivity contribution is -0.129. The van der Waals surface area contributed by atoms with Crippen LogP contribution in [0.5, 0.6) is 5.75 Å². The first-order valence-corrected chi connectivity index (χ1v) is 10.1. The summed E-state index contributed by atoms with van der Waals surface area (Å²) in [5, 5.41) is 13.1. The van der Waals surface area contributed by atoms with Gasteiger partial charge >= 0.3 is 0 Å². The van der Waals surface area contributed by atoms with Crippen LogP contribution in [0.4, 0.5) is 5.69 Å². The van der Waals surface area contributed by atoms with Gasteiger partial charge in [-0.05, 0) is 81.7 Å². The average Bonchev–Trinajstić information content (AvgIpc) is 2.83. The minimum Gasteiger partial charge on any atom is -0.506 e. The monoisotopic (exact) mass is 441 g/mol. The maximum atomic E-state index is 11.7. The quantitative estimate of drug-likeness (QED) is 0.660. The lowest BCUT2D eigenvalue weighted by atomic mass is 9.88. The number of phenols is 1. The fraction of sp³-hybridized carbons (Fsp3) is 0.333. The number of aromatic nitrogens is 1. The molecular weight excluding hydrogens is 422 g/mol. The van der Waals surface area contributed by atoms with Crippen LogP contribution in [0.1, 0.15) is 42.1 Å². The van der Waals surface area contributed by atoms with Crippen molar-refractivity contribution in [2.24, 2.45) is 5.18 Å². The Hall–Kier alpha value is -2.54. The maximum Gasteiger partial charge on any atom is 0.219 e. The fourth-order valence-corrected chi connectivity index (χ4v) is 4.50. The first kappa shape index (κ1) is 18.8. The Morgan fingerprint density at radius 3 is 2.54 bits per heavy atom. The second kappa shape index (κ2) is 7.47. The van der Waals surface area contributed by atoms with E-state index < -0.39 is 0 Å². The van der Waals surface area contributed by atoms with Crippen molar-refractivity contribution in [2.75, 3.05) is 13.1 Å². The predicted molar refractivity (Wildman–Crippen MR) is 110 cm³/mol. The van der Waals surface area contributed by atoms with E-state index in [0.29, 0.717) is 13.1 Å². The minimum absolute atomic E-state index is 0.0404. The molecule has 0 bridgehead atoms. The first-order chi connectivity index (χ1) is 13.5. The second-order valence-corrected chi connectivity index (χ2v) is 8.15. The normalized spacial score (nSPS) is 16.3. The number of piperidine rings is 1. The zero-order valence-corrected chi connectivity index (χ0v) is 17.1. The smallest absolute Gasteiger partial charge is 0.219 e. The number of nitrogens with zero attached hydrogens (tertiary/aromatic N) is 3. The first-order valence-electron chi connectivity index (χ1n) is 9.30. The van der Waals surface area contributed by atoms with Gasteiger partial charge in [-0.15, -0.1) is 4.91 Å². The number of carbonyl (C=O) groups is 1. The number of phenolic OH excluding ortho intramolecular Hbond substituents is 1. The molecule has 1 saturated heterocycles. The zero-order chi connectivity index (χ0) is 19.8. The number of hydrogen-bond donors (Lipinski definition) is 1. The number of aryl methyl sites for hydroxylation is 2. The second-order valence-electron chi connectivity index (χ2n) is 7.24. The Balaban J connectivity index is 1.92. The summed E-state index contributed by atoms with van der Waals surface area (Å²) in [6.45, 7) is 2.94. The average molecular weight is 442 g/mol. The largest absolute Gasteiger partial charge is 0.506 e. The van der Waals surface area contributed by atoms with E-state index in [9.17, 15) is 14.8 Å². The SMILES string of the molecule is CC(=O)N1CCC(=C2c3cc(N=O)c(O)cc3CCc3cc(Br)cnc32)CC1. The molecule has 1 fully saturated rings. The van der Waals surface area contributed by atoms with Crippen LogP contribution < -0.4 is 0 Å². The van der Waals surface area contributed by atoms with Crippen molar-refractivity contribution in [3.05, 3.63) is 61.7 Å². The van der Waals surface area contributed by atoms with E-state index in [-0.39, 0.29) is 17.3 Å². The van der Waals surface area contributed by atoms with Crippen molar-refractivity contribution in [2.45, 2.75) is 32.6 Å². The molecule has 6 nitrogen and oxygen atoms in total. The molecule has 2 aromatic rings. The number of amides is 1. The van der Waals surface area contributed by atoms with Crippen molar-refractivity contribution in [3.63, 3.8) is 0 Å². The number of hydrogen-bond acceptors (Lipinski definition) is 5. The molecule has 4 rings (SSSR count). The summed E-state index contributed by atoms with van der Waals surface area (Å²) >= 11 is 3.51. The van der Waals surface area contributed by atoms with Crippen LogP contribution in [0, 0.1) is 4.91 Å². The van der Waals surface area contributed by atoms with Gasteiger partial charge in [-0.1, -0.05) is 5.57 Å². The molecule has 1 aliphatic carbocycles. The molecule has 0 radical (unpaired) electrons. The summed E-state index contributed by atoms with van der Waals surface area (Å²) < 4.78 is 0.922. The highest BCUT2D eigenvalue weighted by Crippen LogP contribution is 2.42. The van der Waals surface area contributed by atoms with E-state index in [4.69, 9.17) is 4.98 Å². The van der Waals surface area contributed by atoms with Gasteiger partial charge in [0.1, 0.15) is 11.4 Å². The molecule has 28 heavy (non-hydrogen) atoms. The third-order valence-electron chi connectivity index (χ3n) is 5.57. The maximum absolute atomic E-state index is 11.7. The summed E-state index contributed by atoms with van der Waals surface area (Å²) in [5.74, 6) is -0.00488. The summed E-state index contributed by atoms with van der Waals surface area (Å²) in [6, 6.07) is 5.41. The van der Waals surface area contributed by atoms with Crippen LogP contribution >= 0.6 is 15.9 Å². The van der Waals surface area contributed by atoms with E-state index in [1.165, 1.54) is 5.57 Å². The van der Waals surface area contributed by atoms with E-state index in [0.717, 1.165) is 58.1 Å². The third kappa shape index (κ3) is 3.35. The van der Waals surface area contributed by atoms with E-state index >= 15 is 0 Å². The number of rotatable bonds is 1. The highest BCUT2D eigenvalue weighted by atomic mass is 79.9. The number of aromatic hydroxyl groups is 1. The Bertz CT molecular complexity index is 1010. The predicted octanol–water partition coefficient (Wildman–Crippen LogP) is 4.49. The van der Waals surface area contributed by atoms with Gasteiger partial charge < -0.3 is 10.0 Å². The highest BCUT2D eigenvalue weighted by molar-refractivity contribution is 9.10. The van der Waals surface area contributed by atoms with Crippen molar-refractivity contribution in [1.82, 2.24) is 9.88 Å². The zero-order valence-electron chi connectivity index (χ0n) is 15.5. The number of benzene rings is 1. The Morgan fingerprint density at radius 1 is 1.14 bits per heavy atom.